The Hall–Kier alpha value is -2.14. The third-order valence-corrected chi connectivity index (χ3v) is 6.19. The van der Waals surface area contributed by atoms with Gasteiger partial charge in [0.25, 0.3) is 5.91 Å². The van der Waals surface area contributed by atoms with E-state index in [9.17, 15) is 9.59 Å². The van der Waals surface area contributed by atoms with Crippen molar-refractivity contribution in [1.29, 1.82) is 0 Å². The van der Waals surface area contributed by atoms with Crippen LogP contribution in [0.3, 0.4) is 0 Å². The zero-order valence-electron chi connectivity index (χ0n) is 18.9. The molecule has 2 N–H and O–H groups in total. The van der Waals surface area contributed by atoms with Crippen LogP contribution in [0.5, 0.6) is 0 Å². The first kappa shape index (κ1) is 26.1. The Labute approximate surface area is 211 Å². The molecule has 1 aromatic heterocycles. The number of amides is 2. The highest BCUT2D eigenvalue weighted by Gasteiger charge is 2.21. The van der Waals surface area contributed by atoms with Crippen molar-refractivity contribution < 1.29 is 9.59 Å². The van der Waals surface area contributed by atoms with Gasteiger partial charge in [-0.05, 0) is 54.5 Å². The van der Waals surface area contributed by atoms with E-state index < -0.39 is 0 Å². The molecule has 3 rings (SSSR count). The van der Waals surface area contributed by atoms with Crippen molar-refractivity contribution in [2.75, 3.05) is 40.3 Å². The van der Waals surface area contributed by atoms with Crippen LogP contribution >= 0.6 is 35.3 Å². The molecule has 0 radical (unpaired) electrons. The van der Waals surface area contributed by atoms with Gasteiger partial charge in [0.15, 0.2) is 5.96 Å². The molecule has 0 spiro atoms. The second-order valence-electron chi connectivity index (χ2n) is 7.71. The molecule has 2 amide bonds. The fourth-order valence-corrected chi connectivity index (χ4v) is 4.38. The van der Waals surface area contributed by atoms with Crippen LogP contribution in [0.2, 0.25) is 0 Å². The van der Waals surface area contributed by atoms with Crippen molar-refractivity contribution in [2.24, 2.45) is 4.99 Å². The normalized spacial score (nSPS) is 13.1. The first-order valence-electron chi connectivity index (χ1n) is 10.6. The lowest BCUT2D eigenvalue weighted by atomic mass is 10.1. The van der Waals surface area contributed by atoms with Crippen molar-refractivity contribution >= 4 is 53.1 Å². The number of thiophene rings is 1. The minimum absolute atomic E-state index is 0. The van der Waals surface area contributed by atoms with Gasteiger partial charge in [0.05, 0.1) is 0 Å². The second-order valence-corrected chi connectivity index (χ2v) is 8.71. The summed E-state index contributed by atoms with van der Waals surface area (Å²) in [6, 6.07) is 9.77. The summed E-state index contributed by atoms with van der Waals surface area (Å²) in [4.78, 5) is 34.1. The zero-order chi connectivity index (χ0) is 22.2. The summed E-state index contributed by atoms with van der Waals surface area (Å²) in [6.07, 6.45) is 1.68. The SMILES string of the molecule is CCNC(=NCC(=O)N1CCc2sccc2C1)NCCc1cccc(C(=O)N(C)C)c1.I. The van der Waals surface area contributed by atoms with Gasteiger partial charge in [0.2, 0.25) is 5.91 Å². The number of halogens is 1. The highest BCUT2D eigenvalue weighted by Crippen LogP contribution is 2.23. The van der Waals surface area contributed by atoms with Crippen molar-refractivity contribution in [2.45, 2.75) is 26.3 Å². The lowest BCUT2D eigenvalue weighted by Crippen LogP contribution is -2.41. The predicted molar refractivity (Wildman–Crippen MR) is 141 cm³/mol. The van der Waals surface area contributed by atoms with Gasteiger partial charge in [0, 0.05) is 50.7 Å². The number of carbonyl (C=O) groups is 2. The van der Waals surface area contributed by atoms with Crippen LogP contribution in [0.4, 0.5) is 0 Å². The van der Waals surface area contributed by atoms with Gasteiger partial charge in [-0.1, -0.05) is 12.1 Å². The van der Waals surface area contributed by atoms with E-state index in [0.717, 1.165) is 31.5 Å². The number of carbonyl (C=O) groups excluding carboxylic acids is 2. The van der Waals surface area contributed by atoms with E-state index in [-0.39, 0.29) is 42.3 Å². The topological polar surface area (TPSA) is 77.0 Å². The number of hydrogen-bond donors (Lipinski definition) is 2. The summed E-state index contributed by atoms with van der Waals surface area (Å²) in [5.41, 5.74) is 3.02. The van der Waals surface area contributed by atoms with Crippen LogP contribution < -0.4 is 10.6 Å². The van der Waals surface area contributed by atoms with Gasteiger partial charge in [-0.15, -0.1) is 35.3 Å². The van der Waals surface area contributed by atoms with Gasteiger partial charge in [0.1, 0.15) is 6.54 Å². The number of aliphatic imine (C=N–C) groups is 1. The number of rotatable bonds is 7. The van der Waals surface area contributed by atoms with Crippen molar-refractivity contribution in [3.8, 4) is 0 Å². The van der Waals surface area contributed by atoms with E-state index in [1.807, 2.05) is 36.1 Å². The minimum atomic E-state index is -0.00416. The molecule has 1 aliphatic heterocycles. The Bertz CT molecular complexity index is 944. The van der Waals surface area contributed by atoms with Crippen LogP contribution in [0.15, 0.2) is 40.7 Å². The highest BCUT2D eigenvalue weighted by molar-refractivity contribution is 14.0. The molecule has 1 aliphatic rings. The first-order chi connectivity index (χ1) is 15.0. The van der Waals surface area contributed by atoms with E-state index in [1.165, 1.54) is 10.4 Å². The fourth-order valence-electron chi connectivity index (χ4n) is 3.49. The van der Waals surface area contributed by atoms with Crippen molar-refractivity contribution in [3.05, 3.63) is 57.3 Å². The Kier molecular flexibility index (Phi) is 10.4. The molecular weight excluding hydrogens is 537 g/mol. The van der Waals surface area contributed by atoms with Gasteiger partial charge in [-0.3, -0.25) is 9.59 Å². The maximum absolute atomic E-state index is 12.6. The molecule has 2 aromatic rings. The van der Waals surface area contributed by atoms with Crippen LogP contribution in [0.1, 0.15) is 33.3 Å². The number of guanidine groups is 1. The van der Waals surface area contributed by atoms with Crippen molar-refractivity contribution in [3.63, 3.8) is 0 Å². The molecule has 0 saturated heterocycles. The summed E-state index contributed by atoms with van der Waals surface area (Å²) in [6.45, 7) is 4.93. The standard InChI is InChI=1S/C23H31N5O2S.HI/c1-4-24-23(25-11-8-17-6-5-7-18(14-17)22(30)27(2)3)26-15-21(29)28-12-9-20-19(16-28)10-13-31-20;/h5-7,10,13-14H,4,8-9,11-12,15-16H2,1-3H3,(H2,24,25,26);1H. The molecule has 0 saturated carbocycles. The van der Waals surface area contributed by atoms with Crippen LogP contribution in [-0.2, 0) is 24.2 Å². The zero-order valence-corrected chi connectivity index (χ0v) is 22.0. The van der Waals surface area contributed by atoms with Crippen LogP contribution in [-0.4, -0.2) is 67.8 Å². The maximum Gasteiger partial charge on any atom is 0.253 e. The average molecular weight is 570 g/mol. The Morgan fingerprint density at radius 1 is 1.22 bits per heavy atom. The lowest BCUT2D eigenvalue weighted by molar-refractivity contribution is -0.130. The summed E-state index contributed by atoms with van der Waals surface area (Å²) < 4.78 is 0. The van der Waals surface area contributed by atoms with E-state index in [1.54, 1.807) is 30.3 Å². The fraction of sp³-hybridized carbons (Fsp3) is 0.435. The molecule has 0 unspecified atom stereocenters. The summed E-state index contributed by atoms with van der Waals surface area (Å²) >= 11 is 1.77. The Balaban J connectivity index is 0.00000363. The molecule has 0 aliphatic carbocycles. The number of nitrogens with zero attached hydrogens (tertiary/aromatic N) is 3. The second kappa shape index (κ2) is 12.8. The van der Waals surface area contributed by atoms with Gasteiger partial charge in [-0.2, -0.15) is 0 Å². The molecular formula is C23H32IN5O2S. The van der Waals surface area contributed by atoms with Gasteiger partial charge >= 0.3 is 0 Å². The van der Waals surface area contributed by atoms with E-state index in [4.69, 9.17) is 0 Å². The molecule has 7 nitrogen and oxygen atoms in total. The monoisotopic (exact) mass is 569 g/mol. The Morgan fingerprint density at radius 2 is 2.03 bits per heavy atom. The number of benzene rings is 1. The highest BCUT2D eigenvalue weighted by atomic mass is 127. The largest absolute Gasteiger partial charge is 0.357 e. The van der Waals surface area contributed by atoms with E-state index in [2.05, 4.69) is 27.1 Å². The Morgan fingerprint density at radius 3 is 2.78 bits per heavy atom. The first-order valence-corrected chi connectivity index (χ1v) is 11.5. The van der Waals surface area contributed by atoms with Crippen LogP contribution in [0.25, 0.3) is 0 Å². The summed E-state index contributed by atoms with van der Waals surface area (Å²) in [7, 11) is 3.50. The van der Waals surface area contributed by atoms with Gasteiger partial charge in [-0.25, -0.2) is 4.99 Å². The summed E-state index contributed by atoms with van der Waals surface area (Å²) in [5.74, 6) is 0.670. The summed E-state index contributed by atoms with van der Waals surface area (Å²) in [5, 5.41) is 8.57. The third-order valence-electron chi connectivity index (χ3n) is 5.16. The minimum Gasteiger partial charge on any atom is -0.357 e. The third kappa shape index (κ3) is 7.19. The predicted octanol–water partition coefficient (Wildman–Crippen LogP) is 2.75. The van der Waals surface area contributed by atoms with E-state index in [0.29, 0.717) is 24.6 Å². The quantitative estimate of drug-likeness (QED) is 0.306. The molecule has 174 valence electrons. The molecule has 2 heterocycles. The van der Waals surface area contributed by atoms with Gasteiger partial charge < -0.3 is 20.4 Å². The number of nitrogens with one attached hydrogen (secondary N) is 2. The molecule has 9 heteroatoms. The number of hydrogen-bond acceptors (Lipinski definition) is 4. The molecule has 1 aromatic carbocycles. The molecule has 32 heavy (non-hydrogen) atoms. The molecule has 0 atom stereocenters. The molecule has 0 fully saturated rings. The smallest absolute Gasteiger partial charge is 0.253 e. The maximum atomic E-state index is 12.6. The average Bonchev–Trinajstić information content (AvgIpc) is 3.24. The van der Waals surface area contributed by atoms with E-state index >= 15 is 0 Å². The van der Waals surface area contributed by atoms with Crippen LogP contribution in [0, 0.1) is 0 Å². The number of fused-ring (bicyclic) bond motifs is 1. The lowest BCUT2D eigenvalue weighted by Gasteiger charge is -2.26. The molecule has 0 bridgehead atoms. The van der Waals surface area contributed by atoms with Crippen molar-refractivity contribution in [1.82, 2.24) is 20.4 Å².